The lowest BCUT2D eigenvalue weighted by Gasteiger charge is -2.07. The zero-order valence-electron chi connectivity index (χ0n) is 8.12. The van der Waals surface area contributed by atoms with E-state index in [1.54, 1.807) is 25.3 Å². The van der Waals surface area contributed by atoms with Crippen LogP contribution in [0.15, 0.2) is 18.2 Å². The predicted molar refractivity (Wildman–Crippen MR) is 54.5 cm³/mol. The number of hydrogen-bond acceptors (Lipinski definition) is 3. The van der Waals surface area contributed by atoms with Crippen LogP contribution in [0.2, 0.25) is 0 Å². The molecule has 0 bridgehead atoms. The first-order chi connectivity index (χ1) is 6.72. The molecule has 74 valence electrons. The highest BCUT2D eigenvalue weighted by molar-refractivity contribution is 6.02. The highest BCUT2D eigenvalue weighted by Gasteiger charge is 2.32. The van der Waals surface area contributed by atoms with E-state index in [1.807, 2.05) is 0 Å². The Balaban J connectivity index is 2.37. The Morgan fingerprint density at radius 3 is 2.79 bits per heavy atom. The summed E-state index contributed by atoms with van der Waals surface area (Å²) in [7, 11) is 1.56. The third kappa shape index (κ3) is 1.58. The van der Waals surface area contributed by atoms with E-state index >= 15 is 0 Å². The first-order valence-corrected chi connectivity index (χ1v) is 4.70. The molecule has 0 aliphatic heterocycles. The zero-order chi connectivity index (χ0) is 10.1. The van der Waals surface area contributed by atoms with E-state index in [0.717, 1.165) is 12.8 Å². The number of ether oxygens (including phenoxy) is 1. The van der Waals surface area contributed by atoms with Crippen molar-refractivity contribution in [2.45, 2.75) is 12.8 Å². The summed E-state index contributed by atoms with van der Waals surface area (Å²) >= 11 is 0. The normalized spacial score (nSPS) is 15.2. The van der Waals surface area contributed by atoms with Crippen molar-refractivity contribution in [2.75, 3.05) is 12.8 Å². The van der Waals surface area contributed by atoms with Crippen LogP contribution in [-0.2, 0) is 0 Å². The topological polar surface area (TPSA) is 52.3 Å². The van der Waals surface area contributed by atoms with Gasteiger partial charge >= 0.3 is 0 Å². The zero-order valence-corrected chi connectivity index (χ0v) is 8.12. The van der Waals surface area contributed by atoms with Crippen LogP contribution in [0.1, 0.15) is 23.2 Å². The second-order valence-electron chi connectivity index (χ2n) is 3.60. The van der Waals surface area contributed by atoms with Gasteiger partial charge in [-0.15, -0.1) is 0 Å². The molecule has 1 aromatic rings. The van der Waals surface area contributed by atoms with Gasteiger partial charge in [0.25, 0.3) is 0 Å². The average molecular weight is 191 g/mol. The smallest absolute Gasteiger partial charge is 0.169 e. The number of ketones is 1. The number of nitrogen functional groups attached to an aromatic ring is 1. The molecular weight excluding hydrogens is 178 g/mol. The van der Waals surface area contributed by atoms with Gasteiger partial charge in [-0.3, -0.25) is 4.79 Å². The number of anilines is 1. The Hall–Kier alpha value is -1.51. The molecule has 1 saturated carbocycles. The highest BCUT2D eigenvalue weighted by atomic mass is 16.5. The molecule has 1 aromatic carbocycles. The Kier molecular flexibility index (Phi) is 2.15. The van der Waals surface area contributed by atoms with Crippen LogP contribution < -0.4 is 10.5 Å². The fourth-order valence-corrected chi connectivity index (χ4v) is 1.48. The van der Waals surface area contributed by atoms with E-state index in [2.05, 4.69) is 0 Å². The summed E-state index contributed by atoms with van der Waals surface area (Å²) in [5, 5.41) is 0. The summed E-state index contributed by atoms with van der Waals surface area (Å²) in [6, 6.07) is 5.17. The Labute approximate surface area is 82.9 Å². The molecule has 1 aliphatic rings. The third-order valence-corrected chi connectivity index (χ3v) is 2.44. The molecule has 0 radical (unpaired) electrons. The van der Waals surface area contributed by atoms with Crippen molar-refractivity contribution in [2.24, 2.45) is 5.92 Å². The molecule has 3 heteroatoms. The van der Waals surface area contributed by atoms with Crippen LogP contribution in [0.4, 0.5) is 5.69 Å². The molecule has 0 heterocycles. The molecule has 0 unspecified atom stereocenters. The van der Waals surface area contributed by atoms with Crippen LogP contribution in [-0.4, -0.2) is 12.9 Å². The van der Waals surface area contributed by atoms with E-state index in [9.17, 15) is 4.79 Å². The quantitative estimate of drug-likeness (QED) is 0.586. The summed E-state index contributed by atoms with van der Waals surface area (Å²) in [6.45, 7) is 0. The SMILES string of the molecule is COc1ccc(N)cc1C(=O)C1CC1. The van der Waals surface area contributed by atoms with Crippen LogP contribution in [0.3, 0.4) is 0 Å². The highest BCUT2D eigenvalue weighted by Crippen LogP contribution is 2.35. The molecule has 2 rings (SSSR count). The van der Waals surface area contributed by atoms with Crippen molar-refractivity contribution < 1.29 is 9.53 Å². The van der Waals surface area contributed by atoms with Crippen molar-refractivity contribution in [1.82, 2.24) is 0 Å². The van der Waals surface area contributed by atoms with Crippen LogP contribution in [0.25, 0.3) is 0 Å². The second kappa shape index (κ2) is 3.33. The number of Topliss-reactive ketones (excluding diaryl/α,β-unsaturated/α-hetero) is 1. The number of nitrogens with two attached hydrogens (primary N) is 1. The maximum Gasteiger partial charge on any atom is 0.169 e. The number of methoxy groups -OCH3 is 1. The van der Waals surface area contributed by atoms with Gasteiger partial charge in [0.15, 0.2) is 5.78 Å². The molecular formula is C11H13NO2. The fourth-order valence-electron chi connectivity index (χ4n) is 1.48. The molecule has 2 N–H and O–H groups in total. The molecule has 1 fully saturated rings. The maximum absolute atomic E-state index is 11.8. The van der Waals surface area contributed by atoms with Gasteiger partial charge in [0.05, 0.1) is 12.7 Å². The average Bonchev–Trinajstić information content (AvgIpc) is 3.00. The minimum atomic E-state index is 0.161. The van der Waals surface area contributed by atoms with Gasteiger partial charge in [0.1, 0.15) is 5.75 Å². The molecule has 0 amide bonds. The van der Waals surface area contributed by atoms with Gasteiger partial charge < -0.3 is 10.5 Å². The Morgan fingerprint density at radius 2 is 2.21 bits per heavy atom. The first kappa shape index (κ1) is 9.06. The van der Waals surface area contributed by atoms with Gasteiger partial charge in [0, 0.05) is 11.6 Å². The van der Waals surface area contributed by atoms with Gasteiger partial charge in [-0.25, -0.2) is 0 Å². The molecule has 0 saturated heterocycles. The third-order valence-electron chi connectivity index (χ3n) is 2.44. The number of carbonyl (C=O) groups excluding carboxylic acids is 1. The first-order valence-electron chi connectivity index (χ1n) is 4.70. The molecule has 1 aliphatic carbocycles. The lowest BCUT2D eigenvalue weighted by molar-refractivity contribution is 0.0964. The summed E-state index contributed by atoms with van der Waals surface area (Å²) in [5.41, 5.74) is 6.86. The van der Waals surface area contributed by atoms with Crippen molar-refractivity contribution >= 4 is 11.5 Å². The minimum Gasteiger partial charge on any atom is -0.496 e. The number of carbonyl (C=O) groups is 1. The standard InChI is InChI=1S/C11H13NO2/c1-14-10-5-4-8(12)6-9(10)11(13)7-2-3-7/h4-7H,2-3,12H2,1H3. The van der Waals surface area contributed by atoms with Crippen molar-refractivity contribution in [3.8, 4) is 5.75 Å². The Morgan fingerprint density at radius 1 is 1.50 bits per heavy atom. The largest absolute Gasteiger partial charge is 0.496 e. The van der Waals surface area contributed by atoms with Crippen molar-refractivity contribution in [3.05, 3.63) is 23.8 Å². The van der Waals surface area contributed by atoms with Crippen LogP contribution in [0, 0.1) is 5.92 Å². The molecule has 3 nitrogen and oxygen atoms in total. The van der Waals surface area contributed by atoms with Crippen molar-refractivity contribution in [1.29, 1.82) is 0 Å². The van der Waals surface area contributed by atoms with Gasteiger partial charge in [-0.05, 0) is 31.0 Å². The summed E-state index contributed by atoms with van der Waals surface area (Å²) in [4.78, 5) is 11.8. The maximum atomic E-state index is 11.8. The molecule has 0 spiro atoms. The Bertz CT molecular complexity index is 370. The monoisotopic (exact) mass is 191 g/mol. The number of benzene rings is 1. The van der Waals surface area contributed by atoms with E-state index in [0.29, 0.717) is 17.0 Å². The lowest BCUT2D eigenvalue weighted by atomic mass is 10.1. The predicted octanol–water partition coefficient (Wildman–Crippen LogP) is 1.87. The summed E-state index contributed by atoms with van der Waals surface area (Å²) in [5.74, 6) is 0.982. The van der Waals surface area contributed by atoms with E-state index in [4.69, 9.17) is 10.5 Å². The summed E-state index contributed by atoms with van der Waals surface area (Å²) < 4.78 is 5.12. The summed E-state index contributed by atoms with van der Waals surface area (Å²) in [6.07, 6.45) is 1.99. The van der Waals surface area contributed by atoms with E-state index in [1.165, 1.54) is 0 Å². The number of hydrogen-bond donors (Lipinski definition) is 1. The lowest BCUT2D eigenvalue weighted by Crippen LogP contribution is -2.04. The van der Waals surface area contributed by atoms with Crippen LogP contribution in [0.5, 0.6) is 5.75 Å². The molecule has 0 atom stereocenters. The number of rotatable bonds is 3. The minimum absolute atomic E-state index is 0.161. The van der Waals surface area contributed by atoms with Crippen molar-refractivity contribution in [3.63, 3.8) is 0 Å². The van der Waals surface area contributed by atoms with E-state index in [-0.39, 0.29) is 11.7 Å². The van der Waals surface area contributed by atoms with Gasteiger partial charge in [0.2, 0.25) is 0 Å². The van der Waals surface area contributed by atoms with E-state index < -0.39 is 0 Å². The fraction of sp³-hybridized carbons (Fsp3) is 0.364. The molecule has 14 heavy (non-hydrogen) atoms. The van der Waals surface area contributed by atoms with Gasteiger partial charge in [-0.2, -0.15) is 0 Å². The van der Waals surface area contributed by atoms with Gasteiger partial charge in [-0.1, -0.05) is 0 Å². The van der Waals surface area contributed by atoms with Crippen LogP contribution >= 0.6 is 0 Å². The second-order valence-corrected chi connectivity index (χ2v) is 3.60. The molecule has 0 aromatic heterocycles.